The average molecular weight is 262 g/mol. The van der Waals surface area contributed by atoms with Gasteiger partial charge in [0.05, 0.1) is 0 Å². The number of allylic oxidation sites excluding steroid dienone is 3. The first kappa shape index (κ1) is 12.7. The Morgan fingerprint density at radius 1 is 0.950 bits per heavy atom. The van der Waals surface area contributed by atoms with Crippen molar-refractivity contribution in [3.63, 3.8) is 0 Å². The molecule has 0 fully saturated rings. The maximum atomic E-state index is 9.26. The molecular formula is C19H18O. The molecule has 0 amide bonds. The molecule has 1 unspecified atom stereocenters. The molecule has 0 bridgehead atoms. The highest BCUT2D eigenvalue weighted by molar-refractivity contribution is 5.55. The quantitative estimate of drug-likeness (QED) is 0.854. The first-order chi connectivity index (χ1) is 9.81. The van der Waals surface area contributed by atoms with E-state index in [0.29, 0.717) is 11.7 Å². The third-order valence-electron chi connectivity index (χ3n) is 3.80. The van der Waals surface area contributed by atoms with Crippen molar-refractivity contribution in [1.82, 2.24) is 0 Å². The summed E-state index contributed by atoms with van der Waals surface area (Å²) in [6.07, 6.45) is 8.90. The van der Waals surface area contributed by atoms with Gasteiger partial charge < -0.3 is 5.11 Å². The molecule has 0 saturated carbocycles. The van der Waals surface area contributed by atoms with Crippen LogP contribution >= 0.6 is 0 Å². The van der Waals surface area contributed by atoms with Gasteiger partial charge in [0.1, 0.15) is 5.75 Å². The normalized spacial score (nSPS) is 17.8. The largest absolute Gasteiger partial charge is 0.508 e. The zero-order valence-electron chi connectivity index (χ0n) is 11.4. The lowest BCUT2D eigenvalue weighted by atomic mass is 9.80. The van der Waals surface area contributed by atoms with E-state index in [0.717, 1.165) is 12.0 Å². The maximum absolute atomic E-state index is 9.26. The van der Waals surface area contributed by atoms with Crippen LogP contribution in [0.3, 0.4) is 0 Å². The number of rotatable bonds is 4. The van der Waals surface area contributed by atoms with E-state index in [1.807, 2.05) is 12.1 Å². The molecule has 1 atom stereocenters. The summed E-state index contributed by atoms with van der Waals surface area (Å²) < 4.78 is 0. The molecule has 1 heteroatoms. The van der Waals surface area contributed by atoms with Crippen molar-refractivity contribution in [2.24, 2.45) is 5.92 Å². The minimum atomic E-state index is 0.312. The van der Waals surface area contributed by atoms with Crippen molar-refractivity contribution >= 4 is 6.08 Å². The predicted octanol–water partition coefficient (Wildman–Crippen LogP) is 4.59. The maximum Gasteiger partial charge on any atom is 0.115 e. The van der Waals surface area contributed by atoms with Crippen LogP contribution < -0.4 is 0 Å². The van der Waals surface area contributed by atoms with E-state index in [4.69, 9.17) is 0 Å². The highest BCUT2D eigenvalue weighted by Gasteiger charge is 2.19. The van der Waals surface area contributed by atoms with Gasteiger partial charge in [-0.3, -0.25) is 0 Å². The molecule has 0 spiro atoms. The van der Waals surface area contributed by atoms with E-state index in [9.17, 15) is 5.11 Å². The monoisotopic (exact) mass is 262 g/mol. The van der Waals surface area contributed by atoms with Crippen LogP contribution in [0.4, 0.5) is 0 Å². The zero-order chi connectivity index (χ0) is 13.8. The minimum absolute atomic E-state index is 0.312. The van der Waals surface area contributed by atoms with Crippen molar-refractivity contribution in [2.75, 3.05) is 0 Å². The zero-order valence-corrected chi connectivity index (χ0v) is 11.4. The van der Waals surface area contributed by atoms with Crippen molar-refractivity contribution in [1.29, 1.82) is 0 Å². The van der Waals surface area contributed by atoms with Gasteiger partial charge in [-0.05, 0) is 47.6 Å². The Hall–Kier alpha value is -2.28. The lowest BCUT2D eigenvalue weighted by Crippen LogP contribution is -2.13. The lowest BCUT2D eigenvalue weighted by Gasteiger charge is -2.25. The second-order valence-corrected chi connectivity index (χ2v) is 5.25. The van der Waals surface area contributed by atoms with Crippen LogP contribution in [0.15, 0.2) is 72.3 Å². The van der Waals surface area contributed by atoms with Crippen LogP contribution in [0.5, 0.6) is 5.75 Å². The van der Waals surface area contributed by atoms with Crippen LogP contribution in [-0.2, 0) is 6.42 Å². The van der Waals surface area contributed by atoms with Crippen LogP contribution in [0.2, 0.25) is 0 Å². The molecule has 2 aromatic carbocycles. The molecule has 100 valence electrons. The summed E-state index contributed by atoms with van der Waals surface area (Å²) in [6.45, 7) is 0. The smallest absolute Gasteiger partial charge is 0.115 e. The number of hydrogen-bond donors (Lipinski definition) is 1. The predicted molar refractivity (Wildman–Crippen MR) is 83.5 cm³/mol. The van der Waals surface area contributed by atoms with E-state index in [2.05, 4.69) is 48.6 Å². The second kappa shape index (κ2) is 5.79. The van der Waals surface area contributed by atoms with Gasteiger partial charge in [0.15, 0.2) is 0 Å². The number of phenolic OH excluding ortho intramolecular Hbond substituents is 1. The summed E-state index contributed by atoms with van der Waals surface area (Å²) in [5.41, 5.74) is 3.94. The molecular weight excluding hydrogens is 244 g/mol. The van der Waals surface area contributed by atoms with Gasteiger partial charge in [0.25, 0.3) is 0 Å². The molecule has 0 radical (unpaired) electrons. The van der Waals surface area contributed by atoms with Gasteiger partial charge in [0.2, 0.25) is 0 Å². The highest BCUT2D eigenvalue weighted by atomic mass is 16.3. The van der Waals surface area contributed by atoms with Gasteiger partial charge in [-0.15, -0.1) is 0 Å². The summed E-state index contributed by atoms with van der Waals surface area (Å²) in [4.78, 5) is 0. The van der Waals surface area contributed by atoms with Crippen LogP contribution in [0, 0.1) is 5.92 Å². The van der Waals surface area contributed by atoms with Crippen molar-refractivity contribution in [2.45, 2.75) is 12.8 Å². The first-order valence-corrected chi connectivity index (χ1v) is 7.02. The summed E-state index contributed by atoms with van der Waals surface area (Å²) in [5, 5.41) is 9.26. The highest BCUT2D eigenvalue weighted by Crippen LogP contribution is 2.31. The van der Waals surface area contributed by atoms with Gasteiger partial charge in [-0.25, -0.2) is 0 Å². The van der Waals surface area contributed by atoms with Crippen LogP contribution in [-0.4, -0.2) is 5.11 Å². The number of phenols is 1. The van der Waals surface area contributed by atoms with Gasteiger partial charge >= 0.3 is 0 Å². The van der Waals surface area contributed by atoms with E-state index in [1.165, 1.54) is 17.6 Å². The molecule has 3 rings (SSSR count). The van der Waals surface area contributed by atoms with Crippen molar-refractivity contribution in [3.05, 3.63) is 83.4 Å². The third-order valence-corrected chi connectivity index (χ3v) is 3.80. The Labute approximate surface area is 119 Å². The molecule has 1 nitrogen and oxygen atoms in total. The molecule has 1 aliphatic carbocycles. The standard InChI is InChI=1S/C19H18O/c20-19-12-7-15(8-13-19)6-9-17-10-11-18(17)14-16-4-2-1-3-5-16/h1-10,12-13,18,20H,11,14H2. The number of benzene rings is 2. The van der Waals surface area contributed by atoms with Crippen LogP contribution in [0.25, 0.3) is 6.08 Å². The van der Waals surface area contributed by atoms with Gasteiger partial charge in [0, 0.05) is 0 Å². The summed E-state index contributed by atoms with van der Waals surface area (Å²) in [6, 6.07) is 17.9. The summed E-state index contributed by atoms with van der Waals surface area (Å²) in [5.74, 6) is 0.956. The van der Waals surface area contributed by atoms with Crippen molar-refractivity contribution < 1.29 is 5.11 Å². The minimum Gasteiger partial charge on any atom is -0.508 e. The van der Waals surface area contributed by atoms with E-state index in [1.54, 1.807) is 12.1 Å². The number of hydrogen-bond acceptors (Lipinski definition) is 1. The Bertz CT molecular complexity index is 621. The molecule has 0 aromatic heterocycles. The molecule has 0 saturated heterocycles. The van der Waals surface area contributed by atoms with E-state index >= 15 is 0 Å². The Morgan fingerprint density at radius 3 is 2.35 bits per heavy atom. The average Bonchev–Trinajstić information content (AvgIpc) is 2.47. The Morgan fingerprint density at radius 2 is 1.70 bits per heavy atom. The Kier molecular flexibility index (Phi) is 3.69. The fourth-order valence-corrected chi connectivity index (χ4v) is 2.50. The fraction of sp³-hybridized carbons (Fsp3) is 0.158. The van der Waals surface area contributed by atoms with E-state index < -0.39 is 0 Å². The van der Waals surface area contributed by atoms with Crippen molar-refractivity contribution in [3.8, 4) is 5.75 Å². The molecule has 20 heavy (non-hydrogen) atoms. The second-order valence-electron chi connectivity index (χ2n) is 5.25. The third kappa shape index (κ3) is 3.00. The van der Waals surface area contributed by atoms with E-state index in [-0.39, 0.29) is 0 Å². The van der Waals surface area contributed by atoms with Gasteiger partial charge in [-0.2, -0.15) is 0 Å². The summed E-state index contributed by atoms with van der Waals surface area (Å²) in [7, 11) is 0. The van der Waals surface area contributed by atoms with Gasteiger partial charge in [-0.1, -0.05) is 60.7 Å². The lowest BCUT2D eigenvalue weighted by molar-refractivity contribution is 0.475. The molecule has 1 aliphatic rings. The molecule has 1 N–H and O–H groups in total. The first-order valence-electron chi connectivity index (χ1n) is 7.02. The van der Waals surface area contributed by atoms with Crippen LogP contribution in [0.1, 0.15) is 17.5 Å². The summed E-state index contributed by atoms with van der Waals surface area (Å²) >= 11 is 0. The number of aromatic hydroxyl groups is 1. The Balaban J connectivity index is 1.62. The molecule has 2 aromatic rings. The fourth-order valence-electron chi connectivity index (χ4n) is 2.50. The SMILES string of the molecule is Oc1ccc(C=CC2=CCC2Cc2ccccc2)cc1. The molecule has 0 aliphatic heterocycles. The molecule has 0 heterocycles. The topological polar surface area (TPSA) is 20.2 Å².